The normalized spacial score (nSPS) is 37.7. The lowest BCUT2D eigenvalue weighted by Gasteiger charge is -2.45. The maximum absolute atomic E-state index is 9.41. The van der Waals surface area contributed by atoms with Crippen LogP contribution in [0.5, 0.6) is 0 Å². The van der Waals surface area contributed by atoms with Gasteiger partial charge in [-0.05, 0) is 24.2 Å². The van der Waals surface area contributed by atoms with Crippen LogP contribution in [-0.2, 0) is 4.74 Å². The Kier molecular flexibility index (Phi) is 4.64. The molecule has 0 aromatic heterocycles. The van der Waals surface area contributed by atoms with Crippen molar-refractivity contribution in [3.8, 4) is 0 Å². The molecular weight excluding hydrogens is 228 g/mol. The van der Waals surface area contributed by atoms with Crippen LogP contribution in [-0.4, -0.2) is 55.0 Å². The summed E-state index contributed by atoms with van der Waals surface area (Å²) in [6.07, 6.45) is 3.73. The van der Waals surface area contributed by atoms with E-state index in [1.807, 2.05) is 0 Å². The molecule has 3 unspecified atom stereocenters. The second-order valence-corrected chi connectivity index (χ2v) is 6.57. The molecule has 2 rings (SSSR count). The van der Waals surface area contributed by atoms with Crippen LogP contribution in [0.3, 0.4) is 0 Å². The monoisotopic (exact) mass is 256 g/mol. The van der Waals surface area contributed by atoms with Gasteiger partial charge in [-0.15, -0.1) is 0 Å². The maximum atomic E-state index is 9.41. The lowest BCUT2D eigenvalue weighted by Crippen LogP contribution is -2.55. The van der Waals surface area contributed by atoms with E-state index >= 15 is 0 Å². The molecule has 3 N–H and O–H groups in total. The van der Waals surface area contributed by atoms with E-state index in [4.69, 9.17) is 10.5 Å². The molecule has 1 aliphatic carbocycles. The molecule has 1 saturated heterocycles. The minimum absolute atomic E-state index is 0.163. The molecule has 1 heterocycles. The zero-order valence-electron chi connectivity index (χ0n) is 11.8. The average molecular weight is 256 g/mol. The van der Waals surface area contributed by atoms with Crippen LogP contribution in [0.2, 0.25) is 0 Å². The van der Waals surface area contributed by atoms with Crippen LogP contribution in [0.1, 0.15) is 33.1 Å². The van der Waals surface area contributed by atoms with Gasteiger partial charge in [0.2, 0.25) is 0 Å². The van der Waals surface area contributed by atoms with Crippen molar-refractivity contribution < 1.29 is 9.84 Å². The molecule has 18 heavy (non-hydrogen) atoms. The fourth-order valence-electron chi connectivity index (χ4n) is 3.41. The third-order valence-electron chi connectivity index (χ3n) is 4.84. The number of aliphatic hydroxyl groups excluding tert-OH is 1. The van der Waals surface area contributed by atoms with Gasteiger partial charge in [0.05, 0.1) is 25.9 Å². The fourth-order valence-corrected chi connectivity index (χ4v) is 3.41. The van der Waals surface area contributed by atoms with Crippen molar-refractivity contribution in [2.75, 3.05) is 32.9 Å². The Labute approximate surface area is 110 Å². The van der Waals surface area contributed by atoms with Gasteiger partial charge in [-0.3, -0.25) is 4.90 Å². The van der Waals surface area contributed by atoms with E-state index in [0.717, 1.165) is 19.7 Å². The van der Waals surface area contributed by atoms with Crippen molar-refractivity contribution in [2.45, 2.75) is 45.2 Å². The predicted molar refractivity (Wildman–Crippen MR) is 72.4 cm³/mol. The molecule has 0 aromatic rings. The Hall–Kier alpha value is -0.160. The van der Waals surface area contributed by atoms with Crippen molar-refractivity contribution >= 4 is 0 Å². The number of aliphatic hydroxyl groups is 1. The molecule has 0 bridgehead atoms. The van der Waals surface area contributed by atoms with Crippen LogP contribution in [0.15, 0.2) is 0 Å². The molecule has 0 radical (unpaired) electrons. The average Bonchev–Trinajstić information content (AvgIpc) is 2.35. The predicted octanol–water partition coefficient (Wildman–Crippen LogP) is 0.833. The highest BCUT2D eigenvalue weighted by molar-refractivity contribution is 4.93. The molecule has 106 valence electrons. The number of hydrogen-bond donors (Lipinski definition) is 2. The lowest BCUT2D eigenvalue weighted by molar-refractivity contribution is -0.0411. The molecule has 0 amide bonds. The van der Waals surface area contributed by atoms with Gasteiger partial charge in [0.15, 0.2) is 0 Å². The largest absolute Gasteiger partial charge is 0.395 e. The number of nitrogens with two attached hydrogens (primary N) is 1. The topological polar surface area (TPSA) is 58.7 Å². The lowest BCUT2D eigenvalue weighted by atomic mass is 9.68. The van der Waals surface area contributed by atoms with Crippen LogP contribution in [0.25, 0.3) is 0 Å². The molecular formula is C14H28N2O2. The molecule has 0 spiro atoms. The van der Waals surface area contributed by atoms with Crippen LogP contribution in [0, 0.1) is 11.3 Å². The quantitative estimate of drug-likeness (QED) is 0.785. The van der Waals surface area contributed by atoms with Gasteiger partial charge < -0.3 is 15.6 Å². The highest BCUT2D eigenvalue weighted by atomic mass is 16.5. The smallest absolute Gasteiger partial charge is 0.0644 e. The first-order valence-corrected chi connectivity index (χ1v) is 7.23. The third-order valence-corrected chi connectivity index (χ3v) is 4.84. The molecule has 0 aromatic carbocycles. The van der Waals surface area contributed by atoms with Gasteiger partial charge in [-0.1, -0.05) is 20.3 Å². The van der Waals surface area contributed by atoms with Crippen molar-refractivity contribution in [1.29, 1.82) is 0 Å². The van der Waals surface area contributed by atoms with E-state index in [9.17, 15) is 5.11 Å². The maximum Gasteiger partial charge on any atom is 0.0644 e. The Balaban J connectivity index is 1.95. The van der Waals surface area contributed by atoms with Crippen molar-refractivity contribution in [3.05, 3.63) is 0 Å². The minimum atomic E-state index is 0.163. The summed E-state index contributed by atoms with van der Waals surface area (Å²) >= 11 is 0. The van der Waals surface area contributed by atoms with Crippen LogP contribution < -0.4 is 5.73 Å². The summed E-state index contributed by atoms with van der Waals surface area (Å²) in [5.74, 6) is 0.556. The summed E-state index contributed by atoms with van der Waals surface area (Å²) in [6.45, 7) is 8.13. The molecule has 2 aliphatic rings. The number of morpholine rings is 1. The van der Waals surface area contributed by atoms with Gasteiger partial charge in [0.1, 0.15) is 0 Å². The number of hydrogen-bond acceptors (Lipinski definition) is 4. The highest BCUT2D eigenvalue weighted by Crippen LogP contribution is 2.38. The summed E-state index contributed by atoms with van der Waals surface area (Å²) in [5, 5.41) is 9.41. The van der Waals surface area contributed by atoms with Crippen LogP contribution in [0.4, 0.5) is 0 Å². The zero-order chi connectivity index (χ0) is 13.2. The Morgan fingerprint density at radius 2 is 2.22 bits per heavy atom. The van der Waals surface area contributed by atoms with E-state index in [0.29, 0.717) is 12.5 Å². The standard InChI is InChI=1S/C14H28N2O2/c1-14(2)5-3-4-11(13(14)15)8-16-6-7-18-10-12(16)9-17/h11-13,17H,3-10,15H2,1-2H3. The van der Waals surface area contributed by atoms with Crippen LogP contribution >= 0.6 is 0 Å². The van der Waals surface area contributed by atoms with Crippen molar-refractivity contribution in [3.63, 3.8) is 0 Å². The number of rotatable bonds is 3. The SMILES string of the molecule is CC1(C)CCCC(CN2CCOCC2CO)C1N. The zero-order valence-corrected chi connectivity index (χ0v) is 11.8. The first kappa shape index (κ1) is 14.3. The summed E-state index contributed by atoms with van der Waals surface area (Å²) in [4.78, 5) is 2.37. The van der Waals surface area contributed by atoms with Crippen molar-refractivity contribution in [2.24, 2.45) is 17.1 Å². The molecule has 4 nitrogen and oxygen atoms in total. The number of nitrogens with zero attached hydrogens (tertiary/aromatic N) is 1. The third kappa shape index (κ3) is 3.05. The highest BCUT2D eigenvalue weighted by Gasteiger charge is 2.38. The van der Waals surface area contributed by atoms with E-state index < -0.39 is 0 Å². The second kappa shape index (κ2) is 5.87. The van der Waals surface area contributed by atoms with E-state index in [2.05, 4.69) is 18.7 Å². The molecule has 2 fully saturated rings. The second-order valence-electron chi connectivity index (χ2n) is 6.57. The number of ether oxygens (including phenoxy) is 1. The summed E-state index contributed by atoms with van der Waals surface area (Å²) in [5.41, 5.74) is 6.69. The first-order chi connectivity index (χ1) is 8.54. The van der Waals surface area contributed by atoms with Gasteiger partial charge in [0.25, 0.3) is 0 Å². The van der Waals surface area contributed by atoms with Gasteiger partial charge in [-0.25, -0.2) is 0 Å². The fraction of sp³-hybridized carbons (Fsp3) is 1.00. The van der Waals surface area contributed by atoms with E-state index in [1.165, 1.54) is 19.3 Å². The summed E-state index contributed by atoms with van der Waals surface area (Å²) < 4.78 is 5.43. The Bertz CT molecular complexity index is 271. The minimum Gasteiger partial charge on any atom is -0.395 e. The molecule has 1 saturated carbocycles. The van der Waals surface area contributed by atoms with Gasteiger partial charge >= 0.3 is 0 Å². The summed E-state index contributed by atoms with van der Waals surface area (Å²) in [7, 11) is 0. The van der Waals surface area contributed by atoms with E-state index in [1.54, 1.807) is 0 Å². The first-order valence-electron chi connectivity index (χ1n) is 7.23. The molecule has 4 heteroatoms. The molecule has 1 aliphatic heterocycles. The Morgan fingerprint density at radius 1 is 1.44 bits per heavy atom. The Morgan fingerprint density at radius 3 is 2.94 bits per heavy atom. The van der Waals surface area contributed by atoms with E-state index in [-0.39, 0.29) is 24.1 Å². The summed E-state index contributed by atoms with van der Waals surface area (Å²) in [6, 6.07) is 0.435. The molecule has 3 atom stereocenters. The van der Waals surface area contributed by atoms with Crippen molar-refractivity contribution in [1.82, 2.24) is 4.90 Å². The van der Waals surface area contributed by atoms with Gasteiger partial charge in [-0.2, -0.15) is 0 Å². The van der Waals surface area contributed by atoms with Gasteiger partial charge in [0, 0.05) is 19.1 Å².